The topological polar surface area (TPSA) is 93.1 Å². The highest BCUT2D eigenvalue weighted by Crippen LogP contribution is 2.40. The number of sulfonamides is 1. The van der Waals surface area contributed by atoms with Crippen molar-refractivity contribution in [2.24, 2.45) is 5.92 Å². The Labute approximate surface area is 182 Å². The zero-order chi connectivity index (χ0) is 22.0. The Kier molecular flexibility index (Phi) is 5.93. The number of hydrogen-bond acceptors (Lipinski definition) is 4. The van der Waals surface area contributed by atoms with Crippen LogP contribution in [0.5, 0.6) is 0 Å². The highest BCUT2D eigenvalue weighted by atomic mass is 32.2. The minimum atomic E-state index is -3.78. The van der Waals surface area contributed by atoms with E-state index in [1.54, 1.807) is 31.3 Å². The second-order valence-corrected chi connectivity index (χ2v) is 9.72. The molecular weight excluding hydrogens is 412 g/mol. The minimum absolute atomic E-state index is 0.0935. The quantitative estimate of drug-likeness (QED) is 0.558. The zero-order valence-electron chi connectivity index (χ0n) is 17.6. The molecule has 2 N–H and O–H groups in total. The van der Waals surface area contributed by atoms with Crippen molar-refractivity contribution in [1.82, 2.24) is 14.5 Å². The first kappa shape index (κ1) is 21.3. The van der Waals surface area contributed by atoms with Crippen LogP contribution in [0.2, 0.25) is 0 Å². The molecule has 0 saturated heterocycles. The molecule has 1 unspecified atom stereocenters. The Balaban J connectivity index is 1.52. The van der Waals surface area contributed by atoms with Gasteiger partial charge in [0.25, 0.3) is 5.91 Å². The molecule has 1 fully saturated rings. The van der Waals surface area contributed by atoms with Crippen LogP contribution in [0.15, 0.2) is 65.7 Å². The van der Waals surface area contributed by atoms with Crippen LogP contribution in [0.3, 0.4) is 0 Å². The number of nitrogens with zero attached hydrogens (tertiary/aromatic N) is 2. The largest absolute Gasteiger partial charge is 0.307 e. The van der Waals surface area contributed by atoms with Crippen LogP contribution in [0.25, 0.3) is 0 Å². The molecule has 7 nitrogen and oxygen atoms in total. The molecule has 0 bridgehead atoms. The van der Waals surface area contributed by atoms with Gasteiger partial charge in [-0.25, -0.2) is 17.8 Å². The first-order valence-electron chi connectivity index (χ1n) is 10.3. The molecule has 1 aliphatic rings. The lowest BCUT2D eigenvalue weighted by Crippen LogP contribution is -2.25. The van der Waals surface area contributed by atoms with Gasteiger partial charge in [-0.2, -0.15) is 5.10 Å². The van der Waals surface area contributed by atoms with Crippen molar-refractivity contribution in [1.29, 1.82) is 0 Å². The van der Waals surface area contributed by atoms with Gasteiger partial charge in [0.1, 0.15) is 5.82 Å². The first-order chi connectivity index (χ1) is 14.8. The van der Waals surface area contributed by atoms with Crippen LogP contribution in [0, 0.1) is 12.8 Å². The van der Waals surface area contributed by atoms with E-state index < -0.39 is 10.0 Å². The lowest BCUT2D eigenvalue weighted by molar-refractivity contribution is 0.102. The van der Waals surface area contributed by atoms with E-state index in [1.165, 1.54) is 18.9 Å². The van der Waals surface area contributed by atoms with Gasteiger partial charge in [0.05, 0.1) is 17.1 Å². The van der Waals surface area contributed by atoms with Crippen LogP contribution >= 0.6 is 0 Å². The number of hydrogen-bond donors (Lipinski definition) is 2. The molecule has 1 amide bonds. The molecular formula is C23H26N4O3S. The number of aryl methyl sites for hydroxylation is 1. The maximum absolute atomic E-state index is 12.9. The van der Waals surface area contributed by atoms with Crippen molar-refractivity contribution in [2.75, 3.05) is 5.32 Å². The molecule has 4 rings (SSSR count). The summed E-state index contributed by atoms with van der Waals surface area (Å²) < 4.78 is 30.2. The average molecular weight is 439 g/mol. The van der Waals surface area contributed by atoms with Crippen LogP contribution < -0.4 is 10.0 Å². The molecule has 31 heavy (non-hydrogen) atoms. The van der Waals surface area contributed by atoms with Gasteiger partial charge in [-0.1, -0.05) is 36.4 Å². The molecule has 162 valence electrons. The molecule has 1 atom stereocenters. The fourth-order valence-corrected chi connectivity index (χ4v) is 4.87. The smallest absolute Gasteiger partial charge is 0.256 e. The second-order valence-electron chi connectivity index (χ2n) is 7.98. The number of carbonyl (C=O) groups excluding carboxylic acids is 1. The summed E-state index contributed by atoms with van der Waals surface area (Å²) in [5.41, 5.74) is 1.71. The van der Waals surface area contributed by atoms with E-state index in [1.807, 2.05) is 35.0 Å². The zero-order valence-corrected chi connectivity index (χ0v) is 18.4. The summed E-state index contributed by atoms with van der Waals surface area (Å²) in [4.78, 5) is 13.0. The molecule has 1 aliphatic carbocycles. The van der Waals surface area contributed by atoms with Crippen LogP contribution in [0.4, 0.5) is 5.82 Å². The number of rotatable bonds is 8. The number of anilines is 1. The number of amides is 1. The van der Waals surface area contributed by atoms with Gasteiger partial charge in [-0.15, -0.1) is 0 Å². The first-order valence-corrected chi connectivity index (χ1v) is 11.8. The van der Waals surface area contributed by atoms with Crippen LogP contribution in [-0.2, 0) is 16.6 Å². The van der Waals surface area contributed by atoms with E-state index in [2.05, 4.69) is 22.1 Å². The Morgan fingerprint density at radius 3 is 2.61 bits per heavy atom. The molecule has 1 heterocycles. The number of aromatic nitrogens is 2. The Morgan fingerprint density at radius 1 is 1.16 bits per heavy atom. The van der Waals surface area contributed by atoms with E-state index in [-0.39, 0.29) is 29.0 Å². The van der Waals surface area contributed by atoms with Gasteiger partial charge in [0.2, 0.25) is 10.0 Å². The maximum atomic E-state index is 12.9. The third-order valence-corrected chi connectivity index (χ3v) is 7.19. The van der Waals surface area contributed by atoms with Crippen LogP contribution in [0.1, 0.15) is 47.3 Å². The van der Waals surface area contributed by atoms with Crippen molar-refractivity contribution in [3.8, 4) is 0 Å². The molecule has 1 aromatic heterocycles. The Bertz CT molecular complexity index is 1180. The van der Waals surface area contributed by atoms with E-state index >= 15 is 0 Å². The van der Waals surface area contributed by atoms with Gasteiger partial charge in [-0.3, -0.25) is 4.79 Å². The van der Waals surface area contributed by atoms with Crippen molar-refractivity contribution in [3.63, 3.8) is 0 Å². The van der Waals surface area contributed by atoms with Crippen LogP contribution in [-0.4, -0.2) is 24.1 Å². The highest BCUT2D eigenvalue weighted by molar-refractivity contribution is 7.89. The lowest BCUT2D eigenvalue weighted by atomic mass is 10.1. The third kappa shape index (κ3) is 4.86. The van der Waals surface area contributed by atoms with Gasteiger partial charge in [0.15, 0.2) is 0 Å². The van der Waals surface area contributed by atoms with E-state index in [0.717, 1.165) is 5.56 Å². The molecule has 2 aromatic carbocycles. The Hall–Kier alpha value is -2.97. The average Bonchev–Trinajstić information content (AvgIpc) is 3.52. The maximum Gasteiger partial charge on any atom is 0.256 e. The van der Waals surface area contributed by atoms with Gasteiger partial charge >= 0.3 is 0 Å². The Morgan fingerprint density at radius 2 is 1.90 bits per heavy atom. The van der Waals surface area contributed by atoms with Gasteiger partial charge in [0, 0.05) is 18.2 Å². The summed E-state index contributed by atoms with van der Waals surface area (Å²) in [7, 11) is -3.78. The number of carbonyl (C=O) groups is 1. The predicted molar refractivity (Wildman–Crippen MR) is 119 cm³/mol. The standard InChI is InChI=1S/C23H26N4O3S/c1-16-8-9-20(14-21(16)31(29,30)25-15-18-6-4-3-5-7-18)23(28)26-22-12-13-24-27(22)17(2)19-10-11-19/h3-9,12-14,17,19,25H,10-11,15H2,1-2H3,(H,26,28). The van der Waals surface area contributed by atoms with Crippen molar-refractivity contribution >= 4 is 21.7 Å². The van der Waals surface area contributed by atoms with E-state index in [4.69, 9.17) is 0 Å². The van der Waals surface area contributed by atoms with E-state index in [9.17, 15) is 13.2 Å². The van der Waals surface area contributed by atoms with Crippen molar-refractivity contribution < 1.29 is 13.2 Å². The molecule has 8 heteroatoms. The lowest BCUT2D eigenvalue weighted by Gasteiger charge is -2.16. The number of nitrogens with one attached hydrogen (secondary N) is 2. The van der Waals surface area contributed by atoms with Crippen molar-refractivity contribution in [3.05, 3.63) is 77.5 Å². The summed E-state index contributed by atoms with van der Waals surface area (Å²) in [6.45, 7) is 3.98. The monoisotopic (exact) mass is 438 g/mol. The highest BCUT2D eigenvalue weighted by Gasteiger charge is 2.31. The molecule has 0 aliphatic heterocycles. The molecule has 3 aromatic rings. The fourth-order valence-electron chi connectivity index (χ4n) is 3.59. The summed E-state index contributed by atoms with van der Waals surface area (Å²) >= 11 is 0. The summed E-state index contributed by atoms with van der Waals surface area (Å²) in [5.74, 6) is 0.822. The van der Waals surface area contributed by atoms with Crippen molar-refractivity contribution in [2.45, 2.75) is 44.2 Å². The molecule has 0 radical (unpaired) electrons. The predicted octanol–water partition coefficient (Wildman–Crippen LogP) is 3.89. The summed E-state index contributed by atoms with van der Waals surface area (Å²) in [5, 5.41) is 7.22. The summed E-state index contributed by atoms with van der Waals surface area (Å²) in [6.07, 6.45) is 4.00. The minimum Gasteiger partial charge on any atom is -0.307 e. The second kappa shape index (κ2) is 8.64. The summed E-state index contributed by atoms with van der Waals surface area (Å²) in [6, 6.07) is 16.0. The SMILES string of the molecule is Cc1ccc(C(=O)Nc2ccnn2C(C)C2CC2)cc1S(=O)(=O)NCc1ccccc1. The van der Waals surface area contributed by atoms with Gasteiger partial charge < -0.3 is 5.32 Å². The number of benzene rings is 2. The normalized spacial score (nSPS) is 14.9. The van der Waals surface area contributed by atoms with E-state index in [0.29, 0.717) is 17.3 Å². The van der Waals surface area contributed by atoms with Gasteiger partial charge in [-0.05, 0) is 55.9 Å². The fraction of sp³-hybridized carbons (Fsp3) is 0.304. The molecule has 0 spiro atoms. The third-order valence-electron chi connectivity index (χ3n) is 5.65. The molecule has 1 saturated carbocycles.